The molecular weight excluding hydrogens is 376 g/mol. The van der Waals surface area contributed by atoms with Crippen LogP contribution in [0.5, 0.6) is 11.5 Å². The highest BCUT2D eigenvalue weighted by molar-refractivity contribution is 5.62. The minimum absolute atomic E-state index is 0.00604. The quantitative estimate of drug-likeness (QED) is 0.698. The summed E-state index contributed by atoms with van der Waals surface area (Å²) in [5, 5.41) is 0. The summed E-state index contributed by atoms with van der Waals surface area (Å²) < 4.78 is 19.0. The second kappa shape index (κ2) is 7.54. The Morgan fingerprint density at radius 2 is 2.13 bits per heavy atom. The zero-order chi connectivity index (χ0) is 21.0. The van der Waals surface area contributed by atoms with Crippen LogP contribution in [-0.2, 0) is 16.6 Å². The molecule has 2 heterocycles. The highest BCUT2D eigenvalue weighted by Gasteiger charge is 2.64. The molecule has 2 N–H and O–H groups in total. The summed E-state index contributed by atoms with van der Waals surface area (Å²) in [6.07, 6.45) is 7.93. The number of methoxy groups -OCH3 is 1. The van der Waals surface area contributed by atoms with Gasteiger partial charge in [-0.2, -0.15) is 0 Å². The molecular formula is C25H36N2O3. The molecule has 1 aromatic rings. The Morgan fingerprint density at radius 3 is 2.87 bits per heavy atom. The molecule has 1 aromatic carbocycles. The third kappa shape index (κ3) is 2.85. The SMILES string of the molecule is COc1ccc2c3c1OC1C(OCC(CN)CC(C)C)C=CC4C(C2)N(C)CCC341. The number of piperidine rings is 1. The van der Waals surface area contributed by atoms with Gasteiger partial charge in [-0.15, -0.1) is 0 Å². The molecule has 1 spiro atoms. The summed E-state index contributed by atoms with van der Waals surface area (Å²) in [4.78, 5) is 2.54. The van der Waals surface area contributed by atoms with Crippen LogP contribution in [-0.4, -0.2) is 57.0 Å². The number of nitrogens with zero attached hydrogens (tertiary/aromatic N) is 1. The Balaban J connectivity index is 1.51. The number of hydrogen-bond donors (Lipinski definition) is 1. The van der Waals surface area contributed by atoms with Gasteiger partial charge in [0, 0.05) is 22.9 Å². The first-order valence-corrected chi connectivity index (χ1v) is 11.6. The monoisotopic (exact) mass is 412 g/mol. The maximum absolute atomic E-state index is 6.74. The maximum atomic E-state index is 6.74. The molecule has 164 valence electrons. The number of hydrogen-bond acceptors (Lipinski definition) is 5. The van der Waals surface area contributed by atoms with Gasteiger partial charge in [-0.3, -0.25) is 0 Å². The van der Waals surface area contributed by atoms with Crippen molar-refractivity contribution in [3.05, 3.63) is 35.4 Å². The third-order valence-electron chi connectivity index (χ3n) is 8.00. The van der Waals surface area contributed by atoms with Crippen LogP contribution in [0.1, 0.15) is 37.8 Å². The Morgan fingerprint density at radius 1 is 1.30 bits per heavy atom. The molecule has 0 radical (unpaired) electrons. The first kappa shape index (κ1) is 20.3. The summed E-state index contributed by atoms with van der Waals surface area (Å²) in [7, 11) is 4.01. The van der Waals surface area contributed by atoms with Crippen LogP contribution in [0.2, 0.25) is 0 Å². The van der Waals surface area contributed by atoms with Crippen molar-refractivity contribution >= 4 is 0 Å². The molecule has 1 fully saturated rings. The van der Waals surface area contributed by atoms with Crippen LogP contribution < -0.4 is 15.2 Å². The summed E-state index contributed by atoms with van der Waals surface area (Å²) in [5.74, 6) is 3.29. The standard InChI is InChI=1S/C25H36N2O3/c1-15(2)11-16(13-26)14-29-21-8-6-18-19-12-17-5-7-20(28-4)23-22(17)25(18,24(21)30-23)9-10-27(19)3/h5-8,15-16,18-19,21,24H,9-14,26H2,1-4H3. The van der Waals surface area contributed by atoms with Gasteiger partial charge in [-0.25, -0.2) is 0 Å². The molecule has 0 saturated carbocycles. The van der Waals surface area contributed by atoms with Crippen molar-refractivity contribution in [3.63, 3.8) is 0 Å². The van der Waals surface area contributed by atoms with Gasteiger partial charge in [0.25, 0.3) is 0 Å². The van der Waals surface area contributed by atoms with Gasteiger partial charge < -0.3 is 24.8 Å². The van der Waals surface area contributed by atoms with E-state index in [1.807, 2.05) is 0 Å². The Labute approximate surface area is 180 Å². The smallest absolute Gasteiger partial charge is 0.165 e. The lowest BCUT2D eigenvalue weighted by Crippen LogP contribution is -2.65. The van der Waals surface area contributed by atoms with Crippen molar-refractivity contribution in [3.8, 4) is 11.5 Å². The minimum Gasteiger partial charge on any atom is -0.493 e. The first-order valence-electron chi connectivity index (χ1n) is 11.6. The summed E-state index contributed by atoms with van der Waals surface area (Å²) in [6, 6.07) is 4.86. The number of likely N-dealkylation sites (N-methyl/N-ethyl adjacent to an activating group) is 1. The summed E-state index contributed by atoms with van der Waals surface area (Å²) in [6.45, 7) is 6.94. The fourth-order valence-corrected chi connectivity index (χ4v) is 6.66. The van der Waals surface area contributed by atoms with Gasteiger partial charge in [0.1, 0.15) is 12.2 Å². The number of nitrogens with two attached hydrogens (primary N) is 1. The lowest BCUT2D eigenvalue weighted by Gasteiger charge is -2.56. The molecule has 30 heavy (non-hydrogen) atoms. The number of ether oxygens (including phenoxy) is 3. The van der Waals surface area contributed by atoms with E-state index >= 15 is 0 Å². The van der Waals surface area contributed by atoms with E-state index in [9.17, 15) is 0 Å². The van der Waals surface area contributed by atoms with Crippen LogP contribution in [0.4, 0.5) is 0 Å². The van der Waals surface area contributed by atoms with E-state index in [-0.39, 0.29) is 17.6 Å². The van der Waals surface area contributed by atoms with E-state index in [0.717, 1.165) is 37.3 Å². The van der Waals surface area contributed by atoms with E-state index in [4.69, 9.17) is 19.9 Å². The molecule has 5 heteroatoms. The lowest BCUT2D eigenvalue weighted by molar-refractivity contribution is -0.0774. The number of benzene rings is 1. The average molecular weight is 413 g/mol. The van der Waals surface area contributed by atoms with E-state index in [2.05, 4.69) is 50.1 Å². The molecule has 0 aromatic heterocycles. The number of likely N-dealkylation sites (tertiary alicyclic amines) is 1. The van der Waals surface area contributed by atoms with E-state index < -0.39 is 0 Å². The van der Waals surface area contributed by atoms with Crippen molar-refractivity contribution < 1.29 is 14.2 Å². The summed E-state index contributed by atoms with van der Waals surface area (Å²) in [5.41, 5.74) is 8.86. The second-order valence-electron chi connectivity index (χ2n) is 10.2. The Kier molecular flexibility index (Phi) is 5.11. The van der Waals surface area contributed by atoms with Crippen molar-refractivity contribution in [1.29, 1.82) is 0 Å². The van der Waals surface area contributed by atoms with Gasteiger partial charge in [0.2, 0.25) is 0 Å². The fraction of sp³-hybridized carbons (Fsp3) is 0.680. The van der Waals surface area contributed by atoms with Gasteiger partial charge in [-0.1, -0.05) is 32.1 Å². The average Bonchev–Trinajstić information content (AvgIpc) is 3.09. The predicted octanol–water partition coefficient (Wildman–Crippen LogP) is 3.15. The van der Waals surface area contributed by atoms with Crippen LogP contribution >= 0.6 is 0 Å². The molecule has 2 aliphatic heterocycles. The normalized spacial score (nSPS) is 34.6. The van der Waals surface area contributed by atoms with Crippen molar-refractivity contribution in [2.45, 2.75) is 56.8 Å². The van der Waals surface area contributed by atoms with Gasteiger partial charge in [0.05, 0.1) is 13.7 Å². The van der Waals surface area contributed by atoms with Crippen molar-refractivity contribution in [2.24, 2.45) is 23.5 Å². The van der Waals surface area contributed by atoms with Crippen molar-refractivity contribution in [2.75, 3.05) is 33.9 Å². The van der Waals surface area contributed by atoms with Crippen LogP contribution in [0, 0.1) is 17.8 Å². The highest BCUT2D eigenvalue weighted by atomic mass is 16.6. The molecule has 2 aliphatic carbocycles. The second-order valence-corrected chi connectivity index (χ2v) is 10.2. The molecule has 2 bridgehead atoms. The fourth-order valence-electron chi connectivity index (χ4n) is 6.66. The van der Waals surface area contributed by atoms with Gasteiger partial charge >= 0.3 is 0 Å². The van der Waals surface area contributed by atoms with E-state index in [1.165, 1.54) is 11.1 Å². The summed E-state index contributed by atoms with van der Waals surface area (Å²) >= 11 is 0. The topological polar surface area (TPSA) is 57.0 Å². The van der Waals surface area contributed by atoms with Gasteiger partial charge in [0.15, 0.2) is 11.5 Å². The van der Waals surface area contributed by atoms with E-state index in [0.29, 0.717) is 36.9 Å². The largest absolute Gasteiger partial charge is 0.493 e. The molecule has 5 rings (SSSR count). The molecule has 4 aliphatic rings. The molecule has 6 atom stereocenters. The molecule has 1 saturated heterocycles. The maximum Gasteiger partial charge on any atom is 0.165 e. The minimum atomic E-state index is -0.0467. The molecule has 0 amide bonds. The molecule has 6 unspecified atom stereocenters. The first-order chi connectivity index (χ1) is 14.5. The Bertz CT molecular complexity index is 838. The van der Waals surface area contributed by atoms with Crippen LogP contribution in [0.3, 0.4) is 0 Å². The van der Waals surface area contributed by atoms with Gasteiger partial charge in [-0.05, 0) is 62.9 Å². The lowest BCUT2D eigenvalue weighted by atomic mass is 9.53. The zero-order valence-electron chi connectivity index (χ0n) is 18.8. The van der Waals surface area contributed by atoms with Crippen LogP contribution in [0.15, 0.2) is 24.3 Å². The van der Waals surface area contributed by atoms with Crippen molar-refractivity contribution in [1.82, 2.24) is 4.90 Å². The highest BCUT2D eigenvalue weighted by Crippen LogP contribution is 2.62. The number of rotatable bonds is 7. The van der Waals surface area contributed by atoms with E-state index in [1.54, 1.807) is 7.11 Å². The third-order valence-corrected chi connectivity index (χ3v) is 8.00. The predicted molar refractivity (Wildman–Crippen MR) is 118 cm³/mol. The Hall–Kier alpha value is -1.56. The van der Waals surface area contributed by atoms with Crippen LogP contribution in [0.25, 0.3) is 0 Å². The molecule has 5 nitrogen and oxygen atoms in total. The zero-order valence-corrected chi connectivity index (χ0v) is 18.8.